The lowest BCUT2D eigenvalue weighted by molar-refractivity contribution is 0.0168. The van der Waals surface area contributed by atoms with Crippen molar-refractivity contribution in [2.24, 2.45) is 0 Å². The summed E-state index contributed by atoms with van der Waals surface area (Å²) in [7, 11) is 0. The molecular formula is C22H26N2O3S. The number of fused-ring (bicyclic) bond motifs is 1. The highest BCUT2D eigenvalue weighted by Crippen LogP contribution is 2.30. The van der Waals surface area contributed by atoms with Crippen LogP contribution in [0.1, 0.15) is 38.2 Å². The minimum atomic E-state index is -0.152. The lowest BCUT2D eigenvalue weighted by Crippen LogP contribution is -2.43. The summed E-state index contributed by atoms with van der Waals surface area (Å²) >= 11 is 1.73. The van der Waals surface area contributed by atoms with Crippen LogP contribution < -0.4 is 5.32 Å². The van der Waals surface area contributed by atoms with E-state index in [1.807, 2.05) is 19.9 Å². The van der Waals surface area contributed by atoms with Crippen molar-refractivity contribution < 1.29 is 13.9 Å². The molecule has 1 N–H and O–H groups in total. The van der Waals surface area contributed by atoms with Gasteiger partial charge in [0.15, 0.2) is 5.76 Å². The van der Waals surface area contributed by atoms with Gasteiger partial charge >= 0.3 is 0 Å². The van der Waals surface area contributed by atoms with Crippen LogP contribution >= 0.6 is 11.3 Å². The normalized spacial score (nSPS) is 16.4. The standard InChI is InChI=1S/C22H26N2O3S/c1-14-11-15(2)20-16(3)21(27-18(20)12-14)22(25)23-13-17(19-5-4-10-28-19)24-6-8-26-9-7-24/h4-5,10-12,17H,6-9,13H2,1-3H3,(H,23,25)/t17-/m0/s1. The Labute approximate surface area is 169 Å². The number of carbonyl (C=O) groups is 1. The van der Waals surface area contributed by atoms with Gasteiger partial charge in [0.25, 0.3) is 5.91 Å². The largest absolute Gasteiger partial charge is 0.451 e. The lowest BCUT2D eigenvalue weighted by atomic mass is 10.0. The van der Waals surface area contributed by atoms with Crippen molar-refractivity contribution in [1.29, 1.82) is 0 Å². The van der Waals surface area contributed by atoms with Gasteiger partial charge in [-0.1, -0.05) is 12.1 Å². The van der Waals surface area contributed by atoms with Gasteiger partial charge in [-0.05, 0) is 49.4 Å². The number of furan rings is 1. The monoisotopic (exact) mass is 398 g/mol. The summed E-state index contributed by atoms with van der Waals surface area (Å²) in [5.41, 5.74) is 3.96. The Balaban J connectivity index is 1.55. The highest BCUT2D eigenvalue weighted by atomic mass is 32.1. The minimum Gasteiger partial charge on any atom is -0.451 e. The minimum absolute atomic E-state index is 0.152. The number of carbonyl (C=O) groups excluding carboxylic acids is 1. The number of ether oxygens (including phenoxy) is 1. The fourth-order valence-corrected chi connectivity index (χ4v) is 4.92. The van der Waals surface area contributed by atoms with Gasteiger partial charge in [-0.2, -0.15) is 0 Å². The predicted octanol–water partition coefficient (Wildman–Crippen LogP) is 4.22. The molecule has 0 radical (unpaired) electrons. The zero-order chi connectivity index (χ0) is 19.7. The Kier molecular flexibility index (Phi) is 5.53. The van der Waals surface area contributed by atoms with Crippen molar-refractivity contribution in [3.63, 3.8) is 0 Å². The third kappa shape index (κ3) is 3.72. The first-order chi connectivity index (χ1) is 13.5. The summed E-state index contributed by atoms with van der Waals surface area (Å²) < 4.78 is 11.4. The number of hydrogen-bond donors (Lipinski definition) is 1. The van der Waals surface area contributed by atoms with Crippen molar-refractivity contribution in [3.05, 3.63) is 57.0 Å². The van der Waals surface area contributed by atoms with Gasteiger partial charge in [0.2, 0.25) is 0 Å². The first-order valence-corrected chi connectivity index (χ1v) is 10.6. The fourth-order valence-electron chi connectivity index (χ4n) is 4.06. The van der Waals surface area contributed by atoms with E-state index in [0.29, 0.717) is 12.3 Å². The number of thiophene rings is 1. The van der Waals surface area contributed by atoms with Gasteiger partial charge in [-0.15, -0.1) is 11.3 Å². The molecule has 0 bridgehead atoms. The van der Waals surface area contributed by atoms with E-state index in [0.717, 1.165) is 54.0 Å². The summed E-state index contributed by atoms with van der Waals surface area (Å²) in [4.78, 5) is 16.6. The average molecular weight is 399 g/mol. The average Bonchev–Trinajstić information content (AvgIpc) is 3.31. The molecule has 148 valence electrons. The molecule has 0 spiro atoms. The van der Waals surface area contributed by atoms with E-state index in [1.165, 1.54) is 4.88 Å². The molecule has 3 heterocycles. The topological polar surface area (TPSA) is 54.7 Å². The van der Waals surface area contributed by atoms with E-state index in [4.69, 9.17) is 9.15 Å². The van der Waals surface area contributed by atoms with E-state index in [-0.39, 0.29) is 11.9 Å². The van der Waals surface area contributed by atoms with Gasteiger partial charge in [0, 0.05) is 35.5 Å². The van der Waals surface area contributed by atoms with Crippen molar-refractivity contribution in [1.82, 2.24) is 10.2 Å². The molecule has 4 rings (SSSR count). The zero-order valence-corrected chi connectivity index (χ0v) is 17.4. The van der Waals surface area contributed by atoms with E-state index >= 15 is 0 Å². The Morgan fingerprint density at radius 3 is 2.75 bits per heavy atom. The molecule has 1 atom stereocenters. The van der Waals surface area contributed by atoms with Crippen LogP contribution in [0, 0.1) is 20.8 Å². The molecule has 3 aromatic rings. The molecule has 2 aromatic heterocycles. The van der Waals surface area contributed by atoms with Crippen LogP contribution in [-0.4, -0.2) is 43.7 Å². The summed E-state index contributed by atoms with van der Waals surface area (Å²) in [6.45, 7) is 9.83. The molecule has 0 saturated carbocycles. The Morgan fingerprint density at radius 1 is 1.25 bits per heavy atom. The number of nitrogens with zero attached hydrogens (tertiary/aromatic N) is 1. The van der Waals surface area contributed by atoms with Crippen LogP contribution in [0.5, 0.6) is 0 Å². The molecule has 28 heavy (non-hydrogen) atoms. The first kappa shape index (κ1) is 19.2. The molecule has 0 aliphatic carbocycles. The predicted molar refractivity (Wildman–Crippen MR) is 112 cm³/mol. The molecule has 6 heteroatoms. The number of amides is 1. The highest BCUT2D eigenvalue weighted by Gasteiger charge is 2.25. The van der Waals surface area contributed by atoms with E-state index in [1.54, 1.807) is 11.3 Å². The van der Waals surface area contributed by atoms with Crippen molar-refractivity contribution >= 4 is 28.2 Å². The third-order valence-electron chi connectivity index (χ3n) is 5.39. The third-order valence-corrected chi connectivity index (χ3v) is 6.37. The van der Waals surface area contributed by atoms with Crippen molar-refractivity contribution in [2.45, 2.75) is 26.8 Å². The molecule has 1 aliphatic rings. The fraction of sp³-hybridized carbons (Fsp3) is 0.409. The van der Waals surface area contributed by atoms with Crippen molar-refractivity contribution in [3.8, 4) is 0 Å². The number of morpholine rings is 1. The van der Waals surface area contributed by atoms with Crippen LogP contribution in [0.25, 0.3) is 11.0 Å². The molecule has 1 aliphatic heterocycles. The van der Waals surface area contributed by atoms with E-state index in [9.17, 15) is 4.79 Å². The summed E-state index contributed by atoms with van der Waals surface area (Å²) in [6.07, 6.45) is 0. The number of aryl methyl sites for hydroxylation is 3. The second-order valence-electron chi connectivity index (χ2n) is 7.40. The maximum Gasteiger partial charge on any atom is 0.287 e. The molecule has 1 amide bonds. The van der Waals surface area contributed by atoms with Gasteiger partial charge < -0.3 is 14.5 Å². The van der Waals surface area contributed by atoms with Crippen LogP contribution in [-0.2, 0) is 4.74 Å². The van der Waals surface area contributed by atoms with Crippen LogP contribution in [0.15, 0.2) is 34.1 Å². The Morgan fingerprint density at radius 2 is 2.04 bits per heavy atom. The van der Waals surface area contributed by atoms with Gasteiger partial charge in [-0.3, -0.25) is 9.69 Å². The summed E-state index contributed by atoms with van der Waals surface area (Å²) in [5, 5.41) is 6.23. The second kappa shape index (κ2) is 8.07. The summed E-state index contributed by atoms with van der Waals surface area (Å²) in [5.74, 6) is 0.260. The number of nitrogens with one attached hydrogen (secondary N) is 1. The van der Waals surface area contributed by atoms with Gasteiger partial charge in [0.05, 0.1) is 19.3 Å². The van der Waals surface area contributed by atoms with E-state index in [2.05, 4.69) is 40.7 Å². The molecule has 1 aromatic carbocycles. The second-order valence-corrected chi connectivity index (χ2v) is 8.38. The van der Waals surface area contributed by atoms with Crippen molar-refractivity contribution in [2.75, 3.05) is 32.8 Å². The van der Waals surface area contributed by atoms with E-state index < -0.39 is 0 Å². The highest BCUT2D eigenvalue weighted by molar-refractivity contribution is 7.10. The quantitative estimate of drug-likeness (QED) is 0.699. The maximum absolute atomic E-state index is 12.9. The molecule has 5 nitrogen and oxygen atoms in total. The number of hydrogen-bond acceptors (Lipinski definition) is 5. The molecule has 1 saturated heterocycles. The molecule has 1 fully saturated rings. The smallest absolute Gasteiger partial charge is 0.287 e. The number of rotatable bonds is 5. The molecular weight excluding hydrogens is 372 g/mol. The summed E-state index contributed by atoms with van der Waals surface area (Å²) in [6, 6.07) is 8.47. The Hall–Kier alpha value is -2.15. The van der Waals surface area contributed by atoms with Crippen LogP contribution in [0.2, 0.25) is 0 Å². The van der Waals surface area contributed by atoms with Crippen LogP contribution in [0.4, 0.5) is 0 Å². The number of benzene rings is 1. The van der Waals surface area contributed by atoms with Gasteiger partial charge in [0.1, 0.15) is 5.58 Å². The molecule has 0 unspecified atom stereocenters. The Bertz CT molecular complexity index is 971. The van der Waals surface area contributed by atoms with Crippen LogP contribution in [0.3, 0.4) is 0 Å². The maximum atomic E-state index is 12.9. The lowest BCUT2D eigenvalue weighted by Gasteiger charge is -2.34. The first-order valence-electron chi connectivity index (χ1n) is 9.68. The zero-order valence-electron chi connectivity index (χ0n) is 16.6. The SMILES string of the molecule is Cc1cc(C)c2c(C)c(C(=O)NC[C@@H](c3cccs3)N3CCOCC3)oc2c1. The van der Waals surface area contributed by atoms with Gasteiger partial charge in [-0.25, -0.2) is 0 Å².